The van der Waals surface area contributed by atoms with E-state index >= 15 is 0 Å². The van der Waals surface area contributed by atoms with E-state index in [4.69, 9.17) is 0 Å². The van der Waals surface area contributed by atoms with E-state index in [1.54, 1.807) is 12.4 Å². The van der Waals surface area contributed by atoms with Gasteiger partial charge in [-0.05, 0) is 66.8 Å². The lowest BCUT2D eigenvalue weighted by atomic mass is 9.97. The number of aryl methyl sites for hydroxylation is 2. The molecule has 4 rings (SSSR count). The molecule has 0 aliphatic carbocycles. The molecule has 0 spiro atoms. The zero-order valence-corrected chi connectivity index (χ0v) is 22.1. The van der Waals surface area contributed by atoms with Crippen molar-refractivity contribution < 1.29 is 31.1 Å². The van der Waals surface area contributed by atoms with Crippen LogP contribution in [0.25, 0.3) is 6.08 Å². The number of carbonyl (C=O) groups excluding carboxylic acids is 1. The number of alkyl halides is 6. The van der Waals surface area contributed by atoms with Crippen LogP contribution in [0.15, 0.2) is 67.0 Å². The molecule has 212 valence electrons. The van der Waals surface area contributed by atoms with Crippen LogP contribution in [0.2, 0.25) is 0 Å². The van der Waals surface area contributed by atoms with Crippen LogP contribution in [0.3, 0.4) is 0 Å². The topological polar surface area (TPSA) is 36.4 Å². The van der Waals surface area contributed by atoms with E-state index in [1.807, 2.05) is 56.3 Å². The number of halogens is 6. The van der Waals surface area contributed by atoms with Crippen LogP contribution in [0.1, 0.15) is 43.7 Å². The summed E-state index contributed by atoms with van der Waals surface area (Å²) in [6, 6.07) is 10.2. The minimum Gasteiger partial charge on any atom is -0.333 e. The van der Waals surface area contributed by atoms with Crippen LogP contribution in [0.4, 0.5) is 26.3 Å². The summed E-state index contributed by atoms with van der Waals surface area (Å²) in [6.45, 7) is 5.46. The van der Waals surface area contributed by atoms with Crippen molar-refractivity contribution in [2.24, 2.45) is 0 Å². The number of aromatic nitrogens is 1. The molecular formula is C30H29F6N3O. The number of piperazine rings is 1. The summed E-state index contributed by atoms with van der Waals surface area (Å²) in [5.41, 5.74) is 0.358. The normalized spacial score (nSPS) is 17.0. The first-order chi connectivity index (χ1) is 18.8. The highest BCUT2D eigenvalue weighted by atomic mass is 19.4. The Bertz CT molecular complexity index is 1340. The lowest BCUT2D eigenvalue weighted by Gasteiger charge is -2.41. The highest BCUT2D eigenvalue weighted by Crippen LogP contribution is 2.37. The molecule has 1 amide bonds. The van der Waals surface area contributed by atoms with E-state index in [1.165, 1.54) is 4.90 Å². The molecule has 0 saturated carbocycles. The van der Waals surface area contributed by atoms with E-state index in [9.17, 15) is 31.1 Å². The molecule has 0 N–H and O–H groups in total. The molecule has 1 aliphatic heterocycles. The molecule has 10 heteroatoms. The summed E-state index contributed by atoms with van der Waals surface area (Å²) in [7, 11) is 0. The maximum absolute atomic E-state index is 13.5. The number of benzene rings is 2. The number of carbonyl (C=O) groups is 1. The van der Waals surface area contributed by atoms with Crippen LogP contribution in [0, 0.1) is 13.8 Å². The van der Waals surface area contributed by atoms with Crippen LogP contribution >= 0.6 is 0 Å². The minimum atomic E-state index is -5.03. The number of hydrogen-bond donors (Lipinski definition) is 0. The molecule has 0 bridgehead atoms. The zero-order valence-electron chi connectivity index (χ0n) is 22.1. The van der Waals surface area contributed by atoms with Crippen molar-refractivity contribution in [3.05, 3.63) is 106 Å². The monoisotopic (exact) mass is 561 g/mol. The molecule has 1 fully saturated rings. The third-order valence-electron chi connectivity index (χ3n) is 7.06. The fourth-order valence-electron chi connectivity index (χ4n) is 4.79. The summed E-state index contributed by atoms with van der Waals surface area (Å²) in [5.74, 6) is -0.851. The maximum Gasteiger partial charge on any atom is 0.416 e. The number of hydrogen-bond acceptors (Lipinski definition) is 3. The first-order valence-corrected chi connectivity index (χ1v) is 12.8. The van der Waals surface area contributed by atoms with Crippen molar-refractivity contribution in [3.8, 4) is 0 Å². The van der Waals surface area contributed by atoms with E-state index in [-0.39, 0.29) is 12.6 Å². The average molecular weight is 562 g/mol. The van der Waals surface area contributed by atoms with Crippen molar-refractivity contribution >= 4 is 12.0 Å². The SMILES string of the molecule is Cc1ccc(C[C@@H]2CN(C/C=C\c3cccnc3)CCN2C(=O)c2cc(C(F)(F)F)cc(C(F)(F)F)c2)cc1C. The molecule has 1 saturated heterocycles. The maximum atomic E-state index is 13.5. The van der Waals surface area contributed by atoms with Crippen molar-refractivity contribution in [1.29, 1.82) is 0 Å². The van der Waals surface area contributed by atoms with Gasteiger partial charge in [0.15, 0.2) is 0 Å². The van der Waals surface area contributed by atoms with Crippen LogP contribution < -0.4 is 0 Å². The Kier molecular flexibility index (Phi) is 8.68. The van der Waals surface area contributed by atoms with E-state index in [0.29, 0.717) is 38.2 Å². The number of pyridine rings is 1. The van der Waals surface area contributed by atoms with Gasteiger partial charge < -0.3 is 4.90 Å². The van der Waals surface area contributed by atoms with Crippen LogP contribution in [0.5, 0.6) is 0 Å². The summed E-state index contributed by atoms with van der Waals surface area (Å²) in [6.07, 6.45) is -2.38. The Morgan fingerprint density at radius 1 is 0.950 bits per heavy atom. The fourth-order valence-corrected chi connectivity index (χ4v) is 4.79. The standard InChI is InChI=1S/C30H29F6N3O/c1-20-7-8-23(13-21(20)2)14-27-19-38(10-4-6-22-5-3-9-37-18-22)11-12-39(27)28(40)24-15-25(29(31,32)33)17-26(16-24)30(34,35)36/h3-9,13,15-18,27H,10-12,14,19H2,1-2H3/b6-4-/t27-/m1/s1. The highest BCUT2D eigenvalue weighted by Gasteiger charge is 2.39. The molecule has 3 aromatic rings. The van der Waals surface area contributed by atoms with E-state index in [0.717, 1.165) is 22.3 Å². The second-order valence-electron chi connectivity index (χ2n) is 10.0. The van der Waals surface area contributed by atoms with Gasteiger partial charge in [-0.15, -0.1) is 0 Å². The molecule has 0 radical (unpaired) electrons. The van der Waals surface area contributed by atoms with Gasteiger partial charge in [0.05, 0.1) is 11.1 Å². The third-order valence-corrected chi connectivity index (χ3v) is 7.06. The van der Waals surface area contributed by atoms with Gasteiger partial charge in [-0.25, -0.2) is 0 Å². The van der Waals surface area contributed by atoms with Crippen LogP contribution in [-0.2, 0) is 18.8 Å². The van der Waals surface area contributed by atoms with Gasteiger partial charge in [0, 0.05) is 50.2 Å². The molecule has 1 atom stereocenters. The number of amides is 1. The van der Waals surface area contributed by atoms with Gasteiger partial charge in [-0.2, -0.15) is 26.3 Å². The smallest absolute Gasteiger partial charge is 0.333 e. The van der Waals surface area contributed by atoms with Crippen molar-refractivity contribution in [3.63, 3.8) is 0 Å². The summed E-state index contributed by atoms with van der Waals surface area (Å²) < 4.78 is 80.8. The van der Waals surface area contributed by atoms with Gasteiger partial charge in [0.2, 0.25) is 0 Å². The first kappa shape index (κ1) is 29.3. The Labute approximate surface area is 228 Å². The zero-order chi connectivity index (χ0) is 29.1. The lowest BCUT2D eigenvalue weighted by Crippen LogP contribution is -2.56. The molecule has 1 aliphatic rings. The minimum absolute atomic E-state index is 0.0376. The first-order valence-electron chi connectivity index (χ1n) is 12.8. The molecule has 2 heterocycles. The fraction of sp³-hybridized carbons (Fsp3) is 0.333. The van der Waals surface area contributed by atoms with Crippen molar-refractivity contribution in [2.75, 3.05) is 26.2 Å². The molecule has 0 unspecified atom stereocenters. The number of rotatable bonds is 6. The summed E-state index contributed by atoms with van der Waals surface area (Å²) >= 11 is 0. The predicted octanol–water partition coefficient (Wildman–Crippen LogP) is 6.82. The van der Waals surface area contributed by atoms with Gasteiger partial charge in [0.25, 0.3) is 5.91 Å². The molecular weight excluding hydrogens is 532 g/mol. The van der Waals surface area contributed by atoms with Gasteiger partial charge in [-0.3, -0.25) is 14.7 Å². The second-order valence-corrected chi connectivity index (χ2v) is 10.0. The third kappa shape index (κ3) is 7.29. The number of nitrogens with zero attached hydrogens (tertiary/aromatic N) is 3. The Morgan fingerprint density at radius 3 is 2.25 bits per heavy atom. The molecule has 2 aromatic carbocycles. The Balaban J connectivity index is 1.62. The second kappa shape index (κ2) is 11.8. The van der Waals surface area contributed by atoms with E-state index in [2.05, 4.69) is 9.88 Å². The van der Waals surface area contributed by atoms with Crippen LogP contribution in [-0.4, -0.2) is 52.9 Å². The summed E-state index contributed by atoms with van der Waals surface area (Å²) in [4.78, 5) is 21.1. The average Bonchev–Trinajstić information content (AvgIpc) is 2.90. The van der Waals surface area contributed by atoms with Gasteiger partial charge in [0.1, 0.15) is 0 Å². The van der Waals surface area contributed by atoms with Gasteiger partial charge >= 0.3 is 12.4 Å². The van der Waals surface area contributed by atoms with Gasteiger partial charge in [-0.1, -0.05) is 36.4 Å². The molecule has 4 nitrogen and oxygen atoms in total. The van der Waals surface area contributed by atoms with E-state index < -0.39 is 41.0 Å². The Morgan fingerprint density at radius 2 is 1.65 bits per heavy atom. The van der Waals surface area contributed by atoms with Crippen molar-refractivity contribution in [1.82, 2.24) is 14.8 Å². The quantitative estimate of drug-likeness (QED) is 0.310. The summed E-state index contributed by atoms with van der Waals surface area (Å²) in [5, 5.41) is 0. The Hall–Kier alpha value is -3.66. The lowest BCUT2D eigenvalue weighted by molar-refractivity contribution is -0.143. The highest BCUT2D eigenvalue weighted by molar-refractivity contribution is 5.95. The predicted molar refractivity (Wildman–Crippen MR) is 141 cm³/mol. The molecule has 40 heavy (non-hydrogen) atoms. The van der Waals surface area contributed by atoms with Crippen molar-refractivity contribution in [2.45, 2.75) is 38.7 Å². The largest absolute Gasteiger partial charge is 0.416 e. The molecule has 1 aromatic heterocycles.